The molecule has 0 aliphatic carbocycles. The van der Waals surface area contributed by atoms with Crippen molar-refractivity contribution in [2.75, 3.05) is 26.7 Å². The summed E-state index contributed by atoms with van der Waals surface area (Å²) in [4.78, 5) is 13.1. The molecule has 0 saturated carbocycles. The van der Waals surface area contributed by atoms with E-state index in [2.05, 4.69) is 10.2 Å². The smallest absolute Gasteiger partial charge is 0.275 e. The van der Waals surface area contributed by atoms with Crippen molar-refractivity contribution in [3.8, 4) is 0 Å². The van der Waals surface area contributed by atoms with E-state index in [-0.39, 0.29) is 23.0 Å². The second-order valence-corrected chi connectivity index (χ2v) is 6.08. The minimum Gasteiger partial charge on any atom is -0.320 e. The highest BCUT2D eigenvalue weighted by Crippen LogP contribution is 2.27. The number of halogens is 2. The molecule has 22 heavy (non-hydrogen) atoms. The Morgan fingerprint density at radius 3 is 2.68 bits per heavy atom. The Hall–Kier alpha value is -0.880. The second kappa shape index (κ2) is 9.30. The van der Waals surface area contributed by atoms with Crippen LogP contribution >= 0.6 is 24.0 Å². The van der Waals surface area contributed by atoms with E-state index in [1.165, 1.54) is 25.3 Å². The molecule has 0 aromatic heterocycles. The average molecular weight is 348 g/mol. The third-order valence-electron chi connectivity index (χ3n) is 4.15. The first-order valence-corrected chi connectivity index (χ1v) is 7.77. The second-order valence-electron chi connectivity index (χ2n) is 5.64. The Labute approximate surface area is 142 Å². The molecule has 1 aromatic rings. The lowest BCUT2D eigenvalue weighted by Gasteiger charge is -2.31. The summed E-state index contributed by atoms with van der Waals surface area (Å²) in [7, 11) is 1.98. The molecule has 1 aliphatic heterocycles. The molecule has 124 valence electrons. The van der Waals surface area contributed by atoms with Gasteiger partial charge in [-0.25, -0.2) is 0 Å². The lowest BCUT2D eigenvalue weighted by atomic mass is 9.93. The van der Waals surface area contributed by atoms with Crippen molar-refractivity contribution in [3.05, 3.63) is 38.9 Å². The van der Waals surface area contributed by atoms with Gasteiger partial charge in [-0.2, -0.15) is 0 Å². The van der Waals surface area contributed by atoms with Gasteiger partial charge in [0.25, 0.3) is 5.69 Å². The summed E-state index contributed by atoms with van der Waals surface area (Å²) in [5.41, 5.74) is 0.873. The standard InChI is InChI=1S/C15H22ClN3O2.ClH/c1-17-7-4-12-5-8-18(9-6-12)11-13-2-3-14(16)10-15(13)19(20)21;/h2-3,10,12,17H,4-9,11H2,1H3;1H. The number of nitro benzene ring substituents is 1. The highest BCUT2D eigenvalue weighted by atomic mass is 35.5. The molecule has 0 radical (unpaired) electrons. The molecule has 1 aliphatic rings. The summed E-state index contributed by atoms with van der Waals surface area (Å²) < 4.78 is 0. The zero-order chi connectivity index (χ0) is 15.2. The number of nitro groups is 1. The van der Waals surface area contributed by atoms with E-state index in [1.807, 2.05) is 7.05 Å². The minimum atomic E-state index is -0.346. The Morgan fingerprint density at radius 2 is 2.09 bits per heavy atom. The third kappa shape index (κ3) is 5.39. The normalized spacial score (nSPS) is 16.3. The van der Waals surface area contributed by atoms with E-state index in [1.54, 1.807) is 12.1 Å². The molecule has 0 amide bonds. The van der Waals surface area contributed by atoms with Gasteiger partial charge < -0.3 is 5.32 Å². The van der Waals surface area contributed by atoms with Gasteiger partial charge in [-0.1, -0.05) is 11.6 Å². The van der Waals surface area contributed by atoms with Crippen LogP contribution in [0.3, 0.4) is 0 Å². The molecule has 0 unspecified atom stereocenters. The number of hydrogen-bond acceptors (Lipinski definition) is 4. The fourth-order valence-electron chi connectivity index (χ4n) is 2.86. The lowest BCUT2D eigenvalue weighted by molar-refractivity contribution is -0.385. The van der Waals surface area contributed by atoms with Crippen LogP contribution in [0.1, 0.15) is 24.8 Å². The SMILES string of the molecule is CNCCC1CCN(Cc2ccc(Cl)cc2[N+](=O)[O-])CC1.Cl. The van der Waals surface area contributed by atoms with E-state index in [0.29, 0.717) is 11.6 Å². The van der Waals surface area contributed by atoms with Crippen molar-refractivity contribution in [2.24, 2.45) is 5.92 Å². The van der Waals surface area contributed by atoms with Gasteiger partial charge in [0, 0.05) is 23.2 Å². The minimum absolute atomic E-state index is 0. The van der Waals surface area contributed by atoms with E-state index < -0.39 is 0 Å². The predicted molar refractivity (Wildman–Crippen MR) is 91.9 cm³/mol. The van der Waals surface area contributed by atoms with Crippen LogP contribution in [0.15, 0.2) is 18.2 Å². The van der Waals surface area contributed by atoms with Gasteiger partial charge in [-0.3, -0.25) is 15.0 Å². The summed E-state index contributed by atoms with van der Waals surface area (Å²) >= 11 is 5.85. The maximum Gasteiger partial charge on any atom is 0.275 e. The molecule has 2 rings (SSSR count). The largest absolute Gasteiger partial charge is 0.320 e. The maximum absolute atomic E-state index is 11.1. The molecule has 1 aromatic carbocycles. The van der Waals surface area contributed by atoms with Gasteiger partial charge in [0.05, 0.1) is 4.92 Å². The van der Waals surface area contributed by atoms with Crippen LogP contribution in [-0.2, 0) is 6.54 Å². The van der Waals surface area contributed by atoms with Crippen molar-refractivity contribution in [1.82, 2.24) is 10.2 Å². The fourth-order valence-corrected chi connectivity index (χ4v) is 3.03. The van der Waals surface area contributed by atoms with Crippen LogP contribution in [0.25, 0.3) is 0 Å². The maximum atomic E-state index is 11.1. The summed E-state index contributed by atoms with van der Waals surface area (Å²) in [5, 5.41) is 14.7. The Kier molecular flexibility index (Phi) is 8.10. The molecular formula is C15H23Cl2N3O2. The first kappa shape index (κ1) is 19.2. The molecule has 1 N–H and O–H groups in total. The van der Waals surface area contributed by atoms with Gasteiger partial charge in [0.15, 0.2) is 0 Å². The van der Waals surface area contributed by atoms with Crippen LogP contribution in [-0.4, -0.2) is 36.5 Å². The van der Waals surface area contributed by atoms with Crippen LogP contribution in [0.4, 0.5) is 5.69 Å². The van der Waals surface area contributed by atoms with Crippen LogP contribution in [0, 0.1) is 16.0 Å². The van der Waals surface area contributed by atoms with Gasteiger partial charge in [-0.05, 0) is 64.0 Å². The van der Waals surface area contributed by atoms with Crippen molar-refractivity contribution in [2.45, 2.75) is 25.8 Å². The molecule has 1 saturated heterocycles. The third-order valence-corrected chi connectivity index (χ3v) is 4.38. The summed E-state index contributed by atoms with van der Waals surface area (Å²) in [6, 6.07) is 4.94. The molecule has 7 heteroatoms. The van der Waals surface area contributed by atoms with E-state index in [0.717, 1.165) is 31.1 Å². The molecule has 1 heterocycles. The number of nitrogens with zero attached hydrogens (tertiary/aromatic N) is 2. The summed E-state index contributed by atoms with van der Waals surface area (Å²) in [6.07, 6.45) is 3.55. The van der Waals surface area contributed by atoms with E-state index in [4.69, 9.17) is 11.6 Å². The molecule has 0 bridgehead atoms. The number of nitrogens with one attached hydrogen (secondary N) is 1. The number of rotatable bonds is 6. The molecule has 0 atom stereocenters. The molecular weight excluding hydrogens is 325 g/mol. The molecule has 0 spiro atoms. The van der Waals surface area contributed by atoms with E-state index >= 15 is 0 Å². The van der Waals surface area contributed by atoms with Gasteiger partial charge >= 0.3 is 0 Å². The first-order chi connectivity index (χ1) is 10.1. The predicted octanol–water partition coefficient (Wildman–Crippen LogP) is 3.49. The van der Waals surface area contributed by atoms with Crippen LogP contribution in [0.5, 0.6) is 0 Å². The van der Waals surface area contributed by atoms with Crippen molar-refractivity contribution in [3.63, 3.8) is 0 Å². The highest BCUT2D eigenvalue weighted by Gasteiger charge is 2.22. The molecule has 1 fully saturated rings. The van der Waals surface area contributed by atoms with Gasteiger partial charge in [0.1, 0.15) is 0 Å². The fraction of sp³-hybridized carbons (Fsp3) is 0.600. The first-order valence-electron chi connectivity index (χ1n) is 7.40. The van der Waals surface area contributed by atoms with E-state index in [9.17, 15) is 10.1 Å². The monoisotopic (exact) mass is 347 g/mol. The quantitative estimate of drug-likeness (QED) is 0.632. The van der Waals surface area contributed by atoms with Crippen molar-refractivity contribution < 1.29 is 4.92 Å². The molecule has 5 nitrogen and oxygen atoms in total. The average Bonchev–Trinajstić information content (AvgIpc) is 2.48. The lowest BCUT2D eigenvalue weighted by Crippen LogP contribution is -2.34. The van der Waals surface area contributed by atoms with Gasteiger partial charge in [-0.15, -0.1) is 12.4 Å². The zero-order valence-corrected chi connectivity index (χ0v) is 14.3. The summed E-state index contributed by atoms with van der Waals surface area (Å²) in [5.74, 6) is 0.772. The van der Waals surface area contributed by atoms with Crippen molar-refractivity contribution >= 4 is 29.7 Å². The topological polar surface area (TPSA) is 58.4 Å². The number of hydrogen-bond donors (Lipinski definition) is 1. The Bertz CT molecular complexity index is 492. The van der Waals surface area contributed by atoms with Crippen LogP contribution < -0.4 is 5.32 Å². The van der Waals surface area contributed by atoms with Gasteiger partial charge in [0.2, 0.25) is 0 Å². The highest BCUT2D eigenvalue weighted by molar-refractivity contribution is 6.30. The Morgan fingerprint density at radius 1 is 1.41 bits per heavy atom. The number of benzene rings is 1. The zero-order valence-electron chi connectivity index (χ0n) is 12.8. The number of piperidine rings is 1. The van der Waals surface area contributed by atoms with Crippen molar-refractivity contribution in [1.29, 1.82) is 0 Å². The Balaban J connectivity index is 0.00000242. The summed E-state index contributed by atoms with van der Waals surface area (Å²) in [6.45, 7) is 3.71. The number of likely N-dealkylation sites (tertiary alicyclic amines) is 1. The van der Waals surface area contributed by atoms with Crippen LogP contribution in [0.2, 0.25) is 5.02 Å².